The fraction of sp³-hybridized carbons (Fsp3) is 0.217. The summed E-state index contributed by atoms with van der Waals surface area (Å²) in [5.74, 6) is 1.02. The molecule has 2 N–H and O–H groups in total. The number of benzene rings is 3. The molecule has 0 amide bonds. The maximum Gasteiger partial charge on any atom is 0.647 e. The Morgan fingerprint density at radius 2 is 1.20 bits per heavy atom. The number of para-hydroxylation sites is 2. The summed E-state index contributed by atoms with van der Waals surface area (Å²) >= 11 is 0. The predicted octanol–water partition coefficient (Wildman–Crippen LogP) is 5.44. The lowest BCUT2D eigenvalue weighted by Gasteiger charge is -2.21. The third-order valence-electron chi connectivity index (χ3n) is 4.47. The Morgan fingerprint density at radius 3 is 1.63 bits per heavy atom. The molecule has 158 valence electrons. The van der Waals surface area contributed by atoms with Crippen LogP contribution < -0.4 is 13.6 Å². The van der Waals surface area contributed by atoms with Crippen molar-refractivity contribution >= 4 is 7.82 Å². The lowest BCUT2D eigenvalue weighted by Crippen LogP contribution is -2.09. The second-order valence-corrected chi connectivity index (χ2v) is 8.42. The fourth-order valence-corrected chi connectivity index (χ4v) is 4.12. The second-order valence-electron chi connectivity index (χ2n) is 6.98. The van der Waals surface area contributed by atoms with Crippen molar-refractivity contribution in [3.63, 3.8) is 0 Å². The summed E-state index contributed by atoms with van der Waals surface area (Å²) in [4.78, 5) is 0. The van der Waals surface area contributed by atoms with Crippen molar-refractivity contribution in [2.45, 2.75) is 33.0 Å². The molecule has 3 rings (SSSR count). The van der Waals surface area contributed by atoms with Crippen LogP contribution in [0.3, 0.4) is 0 Å². The molecule has 0 fully saturated rings. The third-order valence-corrected chi connectivity index (χ3v) is 5.75. The van der Waals surface area contributed by atoms with Gasteiger partial charge in [-0.25, -0.2) is 0 Å². The van der Waals surface area contributed by atoms with Crippen molar-refractivity contribution < 1.29 is 28.3 Å². The first-order valence-electron chi connectivity index (χ1n) is 9.60. The summed E-state index contributed by atoms with van der Waals surface area (Å²) in [7, 11) is -4.23. The molecule has 0 bridgehead atoms. The van der Waals surface area contributed by atoms with Crippen LogP contribution in [0, 0.1) is 0 Å². The highest BCUT2D eigenvalue weighted by Gasteiger charge is 2.34. The van der Waals surface area contributed by atoms with Gasteiger partial charge in [-0.3, -0.25) is 0 Å². The molecular formula is C23H25O6P. The van der Waals surface area contributed by atoms with Crippen LogP contribution in [0.5, 0.6) is 17.2 Å². The van der Waals surface area contributed by atoms with E-state index >= 15 is 0 Å². The molecule has 0 aromatic heterocycles. The minimum Gasteiger partial charge on any atom is -0.392 e. The average Bonchev–Trinajstić information content (AvgIpc) is 2.74. The first-order chi connectivity index (χ1) is 14.4. The number of phosphoric ester groups is 1. The van der Waals surface area contributed by atoms with Gasteiger partial charge in [0.25, 0.3) is 0 Å². The second kappa shape index (κ2) is 9.81. The van der Waals surface area contributed by atoms with E-state index in [2.05, 4.69) is 13.8 Å². The number of hydrogen-bond donors (Lipinski definition) is 2. The zero-order chi connectivity index (χ0) is 21.6. The normalized spacial score (nSPS) is 11.4. The largest absolute Gasteiger partial charge is 0.647 e. The molecule has 3 aromatic rings. The maximum absolute atomic E-state index is 13.6. The Morgan fingerprint density at radius 1 is 0.733 bits per heavy atom. The van der Waals surface area contributed by atoms with Gasteiger partial charge < -0.3 is 23.8 Å². The van der Waals surface area contributed by atoms with Gasteiger partial charge in [0, 0.05) is 11.1 Å². The fourth-order valence-electron chi connectivity index (χ4n) is 2.79. The van der Waals surface area contributed by atoms with E-state index in [4.69, 9.17) is 13.6 Å². The summed E-state index contributed by atoms with van der Waals surface area (Å²) in [6, 6.07) is 20.5. The first kappa shape index (κ1) is 21.9. The number of aliphatic hydroxyl groups excluding tert-OH is 2. The Bertz CT molecular complexity index is 963. The van der Waals surface area contributed by atoms with Crippen LogP contribution in [-0.2, 0) is 17.8 Å². The van der Waals surface area contributed by atoms with Crippen molar-refractivity contribution in [2.75, 3.05) is 0 Å². The summed E-state index contributed by atoms with van der Waals surface area (Å²) in [5.41, 5.74) is 1.99. The van der Waals surface area contributed by atoms with Crippen molar-refractivity contribution in [3.05, 3.63) is 89.5 Å². The SMILES string of the molecule is CC(C)c1ccc(OP(=O)(Oc2ccccc2CO)Oc2ccccc2CO)cc1. The van der Waals surface area contributed by atoms with Gasteiger partial charge in [0.15, 0.2) is 0 Å². The van der Waals surface area contributed by atoms with Gasteiger partial charge >= 0.3 is 7.82 Å². The number of phosphoric acid groups is 1. The molecule has 0 spiro atoms. The predicted molar refractivity (Wildman–Crippen MR) is 115 cm³/mol. The molecule has 0 saturated heterocycles. The molecule has 0 aliphatic rings. The minimum atomic E-state index is -4.23. The molecular weight excluding hydrogens is 403 g/mol. The monoisotopic (exact) mass is 428 g/mol. The number of aliphatic hydroxyl groups is 2. The summed E-state index contributed by atoms with van der Waals surface area (Å²) < 4.78 is 30.7. The highest BCUT2D eigenvalue weighted by atomic mass is 31.2. The molecule has 7 heteroatoms. The van der Waals surface area contributed by atoms with Gasteiger partial charge in [-0.1, -0.05) is 62.4 Å². The first-order valence-corrected chi connectivity index (χ1v) is 11.1. The Kier molecular flexibility index (Phi) is 7.16. The van der Waals surface area contributed by atoms with E-state index in [-0.39, 0.29) is 24.7 Å². The minimum absolute atomic E-state index is 0.184. The van der Waals surface area contributed by atoms with Crippen LogP contribution in [0.4, 0.5) is 0 Å². The highest BCUT2D eigenvalue weighted by molar-refractivity contribution is 7.49. The van der Waals surface area contributed by atoms with Gasteiger partial charge in [0.2, 0.25) is 0 Å². The molecule has 0 heterocycles. The Hall–Kier alpha value is -2.79. The van der Waals surface area contributed by atoms with Gasteiger partial charge in [0.1, 0.15) is 17.2 Å². The van der Waals surface area contributed by atoms with Gasteiger partial charge in [-0.05, 0) is 35.7 Å². The quantitative estimate of drug-likeness (QED) is 0.442. The molecule has 0 saturated carbocycles. The van der Waals surface area contributed by atoms with Crippen LogP contribution >= 0.6 is 7.82 Å². The van der Waals surface area contributed by atoms with E-state index in [0.717, 1.165) is 5.56 Å². The van der Waals surface area contributed by atoms with Crippen molar-refractivity contribution in [3.8, 4) is 17.2 Å². The molecule has 3 aromatic carbocycles. The third kappa shape index (κ3) is 5.42. The smallest absolute Gasteiger partial charge is 0.392 e. The molecule has 6 nitrogen and oxygen atoms in total. The molecule has 0 unspecified atom stereocenters. The van der Waals surface area contributed by atoms with Crippen LogP contribution in [0.25, 0.3) is 0 Å². The number of rotatable bonds is 9. The van der Waals surface area contributed by atoms with Crippen LogP contribution in [-0.4, -0.2) is 10.2 Å². The van der Waals surface area contributed by atoms with E-state index < -0.39 is 7.82 Å². The lowest BCUT2D eigenvalue weighted by molar-refractivity contribution is 0.263. The molecule has 30 heavy (non-hydrogen) atoms. The van der Waals surface area contributed by atoms with Crippen LogP contribution in [0.2, 0.25) is 0 Å². The van der Waals surface area contributed by atoms with E-state index in [9.17, 15) is 14.8 Å². The van der Waals surface area contributed by atoms with Crippen molar-refractivity contribution in [1.82, 2.24) is 0 Å². The van der Waals surface area contributed by atoms with E-state index in [1.807, 2.05) is 12.1 Å². The molecule has 0 radical (unpaired) electrons. The molecule has 0 aliphatic heterocycles. The molecule has 0 aliphatic carbocycles. The van der Waals surface area contributed by atoms with Crippen molar-refractivity contribution in [2.24, 2.45) is 0 Å². The zero-order valence-corrected chi connectivity index (χ0v) is 17.8. The van der Waals surface area contributed by atoms with Crippen LogP contribution in [0.15, 0.2) is 72.8 Å². The molecule has 0 atom stereocenters. The summed E-state index contributed by atoms with van der Waals surface area (Å²) in [5, 5.41) is 19.2. The highest BCUT2D eigenvalue weighted by Crippen LogP contribution is 2.51. The lowest BCUT2D eigenvalue weighted by atomic mass is 10.0. The standard InChI is InChI=1S/C23H25O6P/c1-17(2)18-11-13-21(14-12-18)27-30(26,28-22-9-5-3-7-19(22)15-24)29-23-10-6-4-8-20(23)16-25/h3-14,17,24-25H,15-16H2,1-2H3. The van der Waals surface area contributed by atoms with E-state index in [1.165, 1.54) is 0 Å². The van der Waals surface area contributed by atoms with Gasteiger partial charge in [-0.15, -0.1) is 0 Å². The van der Waals surface area contributed by atoms with Crippen LogP contribution in [0.1, 0.15) is 36.5 Å². The Labute approximate surface area is 176 Å². The average molecular weight is 428 g/mol. The van der Waals surface area contributed by atoms with Crippen molar-refractivity contribution in [1.29, 1.82) is 0 Å². The van der Waals surface area contributed by atoms with E-state index in [0.29, 0.717) is 22.8 Å². The summed E-state index contributed by atoms with van der Waals surface area (Å²) in [6.45, 7) is 3.55. The number of hydrogen-bond acceptors (Lipinski definition) is 6. The topological polar surface area (TPSA) is 85.2 Å². The Balaban J connectivity index is 1.95. The van der Waals surface area contributed by atoms with Gasteiger partial charge in [-0.2, -0.15) is 4.57 Å². The summed E-state index contributed by atoms with van der Waals surface area (Å²) in [6.07, 6.45) is 0. The zero-order valence-electron chi connectivity index (χ0n) is 16.9. The van der Waals surface area contributed by atoms with Gasteiger partial charge in [0.05, 0.1) is 13.2 Å². The maximum atomic E-state index is 13.6. The van der Waals surface area contributed by atoms with E-state index in [1.54, 1.807) is 60.7 Å².